The van der Waals surface area contributed by atoms with Crippen molar-refractivity contribution in [3.8, 4) is 0 Å². The van der Waals surface area contributed by atoms with E-state index in [-0.39, 0.29) is 11.8 Å². The number of carbonyl (C=O) groups is 1. The summed E-state index contributed by atoms with van der Waals surface area (Å²) in [4.78, 5) is 14.6. The minimum Gasteiger partial charge on any atom is -0.330 e. The molecule has 1 amide bonds. The van der Waals surface area contributed by atoms with Gasteiger partial charge in [0.05, 0.1) is 12.5 Å². The third-order valence-electron chi connectivity index (χ3n) is 3.64. The summed E-state index contributed by atoms with van der Waals surface area (Å²) in [5.41, 5.74) is 7.77. The highest BCUT2D eigenvalue weighted by atomic mass is 16.2. The van der Waals surface area contributed by atoms with E-state index in [1.807, 2.05) is 72.5 Å². The van der Waals surface area contributed by atoms with E-state index in [1.165, 1.54) is 0 Å². The van der Waals surface area contributed by atoms with Crippen molar-refractivity contribution in [1.29, 1.82) is 0 Å². The molecular weight excluding hydrogens is 260 g/mol. The first-order valence-electron chi connectivity index (χ1n) is 7.36. The molecule has 0 aliphatic rings. The predicted octanol–water partition coefficient (Wildman–Crippen LogP) is 3.20. The van der Waals surface area contributed by atoms with Crippen LogP contribution in [0.25, 0.3) is 0 Å². The first kappa shape index (κ1) is 15.3. The highest BCUT2D eigenvalue weighted by Gasteiger charge is 2.23. The van der Waals surface area contributed by atoms with Crippen LogP contribution < -0.4 is 10.6 Å². The van der Waals surface area contributed by atoms with Crippen molar-refractivity contribution >= 4 is 11.6 Å². The van der Waals surface area contributed by atoms with Crippen LogP contribution in [0.1, 0.15) is 18.9 Å². The summed E-state index contributed by atoms with van der Waals surface area (Å²) in [7, 11) is 0. The van der Waals surface area contributed by atoms with E-state index < -0.39 is 0 Å². The van der Waals surface area contributed by atoms with Gasteiger partial charge in [-0.05, 0) is 24.1 Å². The molecule has 0 saturated heterocycles. The van der Waals surface area contributed by atoms with Gasteiger partial charge in [-0.25, -0.2) is 0 Å². The van der Waals surface area contributed by atoms with Crippen LogP contribution in [0.15, 0.2) is 60.7 Å². The Bertz CT molecular complexity index is 550. The third kappa shape index (κ3) is 3.92. The molecule has 0 aromatic heterocycles. The third-order valence-corrected chi connectivity index (χ3v) is 3.64. The quantitative estimate of drug-likeness (QED) is 0.884. The van der Waals surface area contributed by atoms with Crippen molar-refractivity contribution in [1.82, 2.24) is 0 Å². The molecule has 0 heterocycles. The molecule has 0 bridgehead atoms. The van der Waals surface area contributed by atoms with Gasteiger partial charge in [0, 0.05) is 12.2 Å². The lowest BCUT2D eigenvalue weighted by atomic mass is 10.0. The Morgan fingerprint density at radius 3 is 2.14 bits per heavy atom. The Morgan fingerprint density at radius 2 is 1.62 bits per heavy atom. The molecule has 0 aliphatic heterocycles. The van der Waals surface area contributed by atoms with E-state index in [1.54, 1.807) is 0 Å². The first-order chi connectivity index (χ1) is 10.3. The molecule has 21 heavy (non-hydrogen) atoms. The zero-order chi connectivity index (χ0) is 15.1. The molecular formula is C18H22N2O. The molecule has 110 valence electrons. The van der Waals surface area contributed by atoms with Crippen LogP contribution in [0.2, 0.25) is 0 Å². The molecule has 2 rings (SSSR count). The second-order valence-electron chi connectivity index (χ2n) is 5.09. The zero-order valence-electron chi connectivity index (χ0n) is 12.4. The second kappa shape index (κ2) is 7.60. The SMILES string of the molecule is CCC(CN)C(=O)N(Cc1ccccc1)c1ccccc1. The lowest BCUT2D eigenvalue weighted by molar-refractivity contribution is -0.122. The van der Waals surface area contributed by atoms with Crippen LogP contribution >= 0.6 is 0 Å². The van der Waals surface area contributed by atoms with Crippen molar-refractivity contribution in [2.24, 2.45) is 11.7 Å². The van der Waals surface area contributed by atoms with Crippen LogP contribution in [-0.4, -0.2) is 12.5 Å². The maximum Gasteiger partial charge on any atom is 0.231 e. The summed E-state index contributed by atoms with van der Waals surface area (Å²) in [5, 5.41) is 0. The lowest BCUT2D eigenvalue weighted by Gasteiger charge is -2.26. The van der Waals surface area contributed by atoms with Crippen LogP contribution in [0.5, 0.6) is 0 Å². The summed E-state index contributed by atoms with van der Waals surface area (Å²) in [6.45, 7) is 2.95. The lowest BCUT2D eigenvalue weighted by Crippen LogP contribution is -2.38. The number of hydrogen-bond donors (Lipinski definition) is 1. The van der Waals surface area contributed by atoms with E-state index in [0.717, 1.165) is 17.7 Å². The molecule has 0 saturated carbocycles. The van der Waals surface area contributed by atoms with Gasteiger partial charge in [-0.3, -0.25) is 4.79 Å². The highest BCUT2D eigenvalue weighted by Crippen LogP contribution is 2.20. The first-order valence-corrected chi connectivity index (χ1v) is 7.36. The number of benzene rings is 2. The molecule has 2 aromatic rings. The van der Waals surface area contributed by atoms with Gasteiger partial charge in [-0.15, -0.1) is 0 Å². The fourth-order valence-electron chi connectivity index (χ4n) is 2.33. The fraction of sp³-hybridized carbons (Fsp3) is 0.278. The molecule has 1 atom stereocenters. The average Bonchev–Trinajstić information content (AvgIpc) is 2.55. The Balaban J connectivity index is 2.29. The minimum atomic E-state index is -0.131. The van der Waals surface area contributed by atoms with Crippen molar-refractivity contribution < 1.29 is 4.79 Å². The van der Waals surface area contributed by atoms with Gasteiger partial charge in [-0.1, -0.05) is 55.5 Å². The number of rotatable bonds is 6. The smallest absolute Gasteiger partial charge is 0.231 e. The maximum absolute atomic E-state index is 12.8. The minimum absolute atomic E-state index is 0.0926. The Kier molecular flexibility index (Phi) is 5.52. The van der Waals surface area contributed by atoms with Crippen LogP contribution in [0, 0.1) is 5.92 Å². The monoisotopic (exact) mass is 282 g/mol. The number of amides is 1. The summed E-state index contributed by atoms with van der Waals surface area (Å²) >= 11 is 0. The molecule has 0 fully saturated rings. The van der Waals surface area contributed by atoms with Crippen LogP contribution in [0.4, 0.5) is 5.69 Å². The summed E-state index contributed by atoms with van der Waals surface area (Å²) in [6.07, 6.45) is 0.757. The number of para-hydroxylation sites is 1. The fourth-order valence-corrected chi connectivity index (χ4v) is 2.33. The van der Waals surface area contributed by atoms with E-state index in [9.17, 15) is 4.79 Å². The van der Waals surface area contributed by atoms with E-state index >= 15 is 0 Å². The predicted molar refractivity (Wildman–Crippen MR) is 86.9 cm³/mol. The van der Waals surface area contributed by atoms with Crippen molar-refractivity contribution in [2.75, 3.05) is 11.4 Å². The van der Waals surface area contributed by atoms with Crippen molar-refractivity contribution in [3.63, 3.8) is 0 Å². The van der Waals surface area contributed by atoms with Crippen LogP contribution in [0.3, 0.4) is 0 Å². The summed E-state index contributed by atoms with van der Waals surface area (Å²) in [6, 6.07) is 19.8. The Morgan fingerprint density at radius 1 is 1.05 bits per heavy atom. The van der Waals surface area contributed by atoms with Crippen molar-refractivity contribution in [3.05, 3.63) is 66.2 Å². The average molecular weight is 282 g/mol. The van der Waals surface area contributed by atoms with Gasteiger partial charge in [0.1, 0.15) is 0 Å². The standard InChI is InChI=1S/C18H22N2O/c1-2-16(13-19)18(21)20(17-11-7-4-8-12-17)14-15-9-5-3-6-10-15/h3-12,16H,2,13-14,19H2,1H3. The van der Waals surface area contributed by atoms with Crippen LogP contribution in [-0.2, 0) is 11.3 Å². The van der Waals surface area contributed by atoms with Crippen molar-refractivity contribution in [2.45, 2.75) is 19.9 Å². The van der Waals surface area contributed by atoms with Gasteiger partial charge in [0.25, 0.3) is 0 Å². The summed E-state index contributed by atoms with van der Waals surface area (Å²) in [5.74, 6) is -0.0380. The number of carbonyl (C=O) groups excluding carboxylic acids is 1. The Hall–Kier alpha value is -2.13. The number of nitrogens with two attached hydrogens (primary N) is 1. The second-order valence-corrected chi connectivity index (χ2v) is 5.09. The maximum atomic E-state index is 12.8. The van der Waals surface area contributed by atoms with Gasteiger partial charge in [0.15, 0.2) is 0 Å². The number of nitrogens with zero attached hydrogens (tertiary/aromatic N) is 1. The zero-order valence-corrected chi connectivity index (χ0v) is 12.4. The van der Waals surface area contributed by atoms with E-state index in [4.69, 9.17) is 5.73 Å². The molecule has 0 radical (unpaired) electrons. The van der Waals surface area contributed by atoms with Gasteiger partial charge >= 0.3 is 0 Å². The topological polar surface area (TPSA) is 46.3 Å². The largest absolute Gasteiger partial charge is 0.330 e. The van der Waals surface area contributed by atoms with Gasteiger partial charge in [0.2, 0.25) is 5.91 Å². The number of hydrogen-bond acceptors (Lipinski definition) is 2. The molecule has 1 unspecified atom stereocenters. The molecule has 2 aromatic carbocycles. The molecule has 3 nitrogen and oxygen atoms in total. The Labute approximate surface area is 126 Å². The number of anilines is 1. The molecule has 2 N–H and O–H groups in total. The summed E-state index contributed by atoms with van der Waals surface area (Å²) < 4.78 is 0. The molecule has 3 heteroatoms. The van der Waals surface area contributed by atoms with Gasteiger partial charge < -0.3 is 10.6 Å². The van der Waals surface area contributed by atoms with E-state index in [0.29, 0.717) is 13.1 Å². The molecule has 0 aliphatic carbocycles. The molecule has 0 spiro atoms. The normalized spacial score (nSPS) is 11.9. The van der Waals surface area contributed by atoms with Gasteiger partial charge in [-0.2, -0.15) is 0 Å². The highest BCUT2D eigenvalue weighted by molar-refractivity contribution is 5.95. The van der Waals surface area contributed by atoms with E-state index in [2.05, 4.69) is 0 Å².